The Morgan fingerprint density at radius 3 is 2.70 bits per heavy atom. The molecule has 1 fully saturated rings. The van der Waals surface area contributed by atoms with Crippen LogP contribution in [0.4, 0.5) is 15.7 Å². The Morgan fingerprint density at radius 1 is 1.15 bits per heavy atom. The zero-order chi connectivity index (χ0) is 18.8. The molecule has 0 radical (unpaired) electrons. The number of nitrogens with zero attached hydrogens (tertiary/aromatic N) is 5. The van der Waals surface area contributed by atoms with E-state index in [4.69, 9.17) is 0 Å². The van der Waals surface area contributed by atoms with Crippen molar-refractivity contribution in [3.8, 4) is 0 Å². The van der Waals surface area contributed by atoms with Gasteiger partial charge in [-0.15, -0.1) is 11.3 Å². The van der Waals surface area contributed by atoms with Gasteiger partial charge in [0.15, 0.2) is 5.13 Å². The molecule has 2 aliphatic rings. The number of hydrogen-bond acceptors (Lipinski definition) is 6. The molecule has 2 aliphatic heterocycles. The molecule has 2 aromatic rings. The summed E-state index contributed by atoms with van der Waals surface area (Å²) in [5.74, 6) is 1.16. The first-order chi connectivity index (χ1) is 13.1. The summed E-state index contributed by atoms with van der Waals surface area (Å²) in [6, 6.07) is 0.145. The fourth-order valence-electron chi connectivity index (χ4n) is 3.61. The highest BCUT2D eigenvalue weighted by Crippen LogP contribution is 2.29. The lowest BCUT2D eigenvalue weighted by Crippen LogP contribution is -2.47. The van der Waals surface area contributed by atoms with E-state index in [2.05, 4.69) is 39.5 Å². The maximum atomic E-state index is 12.9. The molecule has 4 heterocycles. The number of aromatic nitrogens is 3. The molecule has 144 valence electrons. The predicted molar refractivity (Wildman–Crippen MR) is 106 cm³/mol. The number of carbonyl (C=O) groups is 1. The normalized spacial score (nSPS) is 17.1. The number of anilines is 2. The van der Waals surface area contributed by atoms with Crippen molar-refractivity contribution in [3.05, 3.63) is 28.7 Å². The van der Waals surface area contributed by atoms with Crippen molar-refractivity contribution in [2.24, 2.45) is 0 Å². The summed E-state index contributed by atoms with van der Waals surface area (Å²) >= 11 is 1.58. The van der Waals surface area contributed by atoms with Crippen LogP contribution >= 0.6 is 11.3 Å². The third-order valence-electron chi connectivity index (χ3n) is 5.24. The Labute approximate surface area is 163 Å². The molecule has 8 heteroatoms. The van der Waals surface area contributed by atoms with Gasteiger partial charge in [-0.1, -0.05) is 13.8 Å². The number of urea groups is 1. The average Bonchev–Trinajstić information content (AvgIpc) is 3.17. The molecule has 0 unspecified atom stereocenters. The van der Waals surface area contributed by atoms with E-state index in [-0.39, 0.29) is 6.03 Å². The molecule has 27 heavy (non-hydrogen) atoms. The average molecular weight is 387 g/mol. The summed E-state index contributed by atoms with van der Waals surface area (Å²) in [7, 11) is 0. The van der Waals surface area contributed by atoms with Gasteiger partial charge in [-0.25, -0.2) is 19.7 Å². The second-order valence-electron chi connectivity index (χ2n) is 7.51. The van der Waals surface area contributed by atoms with Crippen LogP contribution in [0.2, 0.25) is 0 Å². The zero-order valence-corrected chi connectivity index (χ0v) is 16.8. The molecule has 2 aromatic heterocycles. The molecule has 0 saturated carbocycles. The number of hydrogen-bond donors (Lipinski definition) is 1. The molecule has 0 spiro atoms. The first kappa shape index (κ1) is 18.2. The smallest absolute Gasteiger partial charge is 0.320 e. The van der Waals surface area contributed by atoms with E-state index < -0.39 is 0 Å². The van der Waals surface area contributed by atoms with E-state index in [0.29, 0.717) is 19.0 Å². The predicted octanol–water partition coefficient (Wildman–Crippen LogP) is 3.76. The molecular weight excluding hydrogens is 360 g/mol. The monoisotopic (exact) mass is 386 g/mol. The van der Waals surface area contributed by atoms with Crippen LogP contribution in [0.15, 0.2) is 11.7 Å². The van der Waals surface area contributed by atoms with Crippen molar-refractivity contribution in [1.29, 1.82) is 0 Å². The molecule has 1 N–H and O–H groups in total. The van der Waals surface area contributed by atoms with Crippen LogP contribution in [0.5, 0.6) is 0 Å². The van der Waals surface area contributed by atoms with Gasteiger partial charge in [0.1, 0.15) is 12.1 Å². The van der Waals surface area contributed by atoms with E-state index in [0.717, 1.165) is 60.3 Å². The van der Waals surface area contributed by atoms with Crippen LogP contribution in [0.1, 0.15) is 56.0 Å². The highest BCUT2D eigenvalue weighted by molar-refractivity contribution is 7.13. The Morgan fingerprint density at radius 2 is 1.96 bits per heavy atom. The van der Waals surface area contributed by atoms with E-state index in [1.54, 1.807) is 17.7 Å². The molecular formula is C19H26N6OS. The maximum absolute atomic E-state index is 12.9. The molecule has 0 aromatic carbocycles. The van der Waals surface area contributed by atoms with Crippen LogP contribution in [0.25, 0.3) is 0 Å². The molecule has 4 rings (SSSR count). The Hall–Kier alpha value is -2.22. The zero-order valence-electron chi connectivity index (χ0n) is 15.9. The number of likely N-dealkylation sites (tertiary alicyclic amines) is 1. The van der Waals surface area contributed by atoms with Crippen molar-refractivity contribution >= 4 is 28.3 Å². The van der Waals surface area contributed by atoms with Gasteiger partial charge < -0.3 is 15.1 Å². The van der Waals surface area contributed by atoms with Gasteiger partial charge >= 0.3 is 6.03 Å². The van der Waals surface area contributed by atoms with Crippen LogP contribution in [0.3, 0.4) is 0 Å². The van der Waals surface area contributed by atoms with Crippen molar-refractivity contribution in [2.75, 3.05) is 25.0 Å². The number of nitrogens with one attached hydrogen (secondary N) is 1. The highest BCUT2D eigenvalue weighted by Gasteiger charge is 2.28. The van der Waals surface area contributed by atoms with Crippen molar-refractivity contribution in [2.45, 2.75) is 52.0 Å². The molecule has 0 atom stereocenters. The number of amides is 2. The van der Waals surface area contributed by atoms with Gasteiger partial charge in [0.2, 0.25) is 0 Å². The second kappa shape index (κ2) is 7.80. The Kier molecular flexibility index (Phi) is 5.24. The topological polar surface area (TPSA) is 74.2 Å². The molecule has 1 saturated heterocycles. The van der Waals surface area contributed by atoms with E-state index in [9.17, 15) is 4.79 Å². The third kappa shape index (κ3) is 3.90. The number of rotatable bonds is 3. The summed E-state index contributed by atoms with van der Waals surface area (Å²) in [5.41, 5.74) is 3.11. The fourth-order valence-corrected chi connectivity index (χ4v) is 4.48. The Balaban J connectivity index is 1.52. The van der Waals surface area contributed by atoms with Gasteiger partial charge in [-0.2, -0.15) is 0 Å². The largest absolute Gasteiger partial charge is 0.325 e. The first-order valence-corrected chi connectivity index (χ1v) is 10.6. The van der Waals surface area contributed by atoms with Crippen LogP contribution in [-0.4, -0.2) is 50.4 Å². The van der Waals surface area contributed by atoms with Crippen molar-refractivity contribution < 1.29 is 4.79 Å². The number of fused-ring (bicyclic) bond motifs is 1. The summed E-state index contributed by atoms with van der Waals surface area (Å²) in [4.78, 5) is 30.3. The minimum atomic E-state index is 0.145. The first-order valence-electron chi connectivity index (χ1n) is 9.71. The van der Waals surface area contributed by atoms with Gasteiger partial charge in [-0.3, -0.25) is 0 Å². The Bertz CT molecular complexity index is 814. The van der Waals surface area contributed by atoms with Crippen LogP contribution in [-0.2, 0) is 13.0 Å². The summed E-state index contributed by atoms with van der Waals surface area (Å²) in [6.45, 7) is 7.28. The fraction of sp³-hybridized carbons (Fsp3) is 0.579. The second-order valence-corrected chi connectivity index (χ2v) is 8.36. The maximum Gasteiger partial charge on any atom is 0.320 e. The SMILES string of the molecule is CC(C)c1csc(Nc2ncnc3c2CN(C(=O)N2CCCCC2)CC3)n1. The van der Waals surface area contributed by atoms with E-state index in [1.165, 1.54) is 6.42 Å². The van der Waals surface area contributed by atoms with Gasteiger partial charge in [0, 0.05) is 37.0 Å². The highest BCUT2D eigenvalue weighted by atomic mass is 32.1. The molecule has 0 aliphatic carbocycles. The quantitative estimate of drug-likeness (QED) is 0.869. The summed E-state index contributed by atoms with van der Waals surface area (Å²) in [5, 5.41) is 6.26. The van der Waals surface area contributed by atoms with Crippen LogP contribution in [0, 0.1) is 0 Å². The third-order valence-corrected chi connectivity index (χ3v) is 6.01. The van der Waals surface area contributed by atoms with Gasteiger partial charge in [0.25, 0.3) is 0 Å². The molecule has 2 amide bonds. The van der Waals surface area contributed by atoms with Gasteiger partial charge in [-0.05, 0) is 25.2 Å². The molecule has 7 nitrogen and oxygen atoms in total. The standard InChI is InChI=1S/C19H26N6OS/c1-13(2)16-11-27-18(22-16)23-17-14-10-25(9-6-15(14)20-12-21-17)19(26)24-7-4-3-5-8-24/h11-13H,3-10H2,1-2H3,(H,20,21,22,23). The van der Waals surface area contributed by atoms with Crippen molar-refractivity contribution in [1.82, 2.24) is 24.8 Å². The van der Waals surface area contributed by atoms with Crippen LogP contribution < -0.4 is 5.32 Å². The van der Waals surface area contributed by atoms with Gasteiger partial charge in [0.05, 0.1) is 17.9 Å². The van der Waals surface area contributed by atoms with E-state index in [1.807, 2.05) is 9.80 Å². The lowest BCUT2D eigenvalue weighted by atomic mass is 10.1. The summed E-state index contributed by atoms with van der Waals surface area (Å²) in [6.07, 6.45) is 5.80. The number of piperidine rings is 1. The van der Waals surface area contributed by atoms with E-state index >= 15 is 0 Å². The minimum Gasteiger partial charge on any atom is -0.325 e. The number of carbonyl (C=O) groups excluding carboxylic acids is 1. The lowest BCUT2D eigenvalue weighted by molar-refractivity contribution is 0.138. The number of thiazole rings is 1. The van der Waals surface area contributed by atoms with Crippen molar-refractivity contribution in [3.63, 3.8) is 0 Å². The summed E-state index contributed by atoms with van der Waals surface area (Å²) < 4.78 is 0. The molecule has 0 bridgehead atoms. The lowest BCUT2D eigenvalue weighted by Gasteiger charge is -2.35. The minimum absolute atomic E-state index is 0.145.